The molecule has 9 heteroatoms. The van der Waals surface area contributed by atoms with E-state index < -0.39 is 5.82 Å². The minimum atomic E-state index is -0.447. The lowest BCUT2D eigenvalue weighted by molar-refractivity contribution is -0.104. The number of aldehydes is 2. The molecule has 0 bridgehead atoms. The van der Waals surface area contributed by atoms with E-state index in [1.54, 1.807) is 42.2 Å². The Balaban J connectivity index is 1.55. The van der Waals surface area contributed by atoms with Crippen molar-refractivity contribution in [2.45, 2.75) is 0 Å². The van der Waals surface area contributed by atoms with E-state index in [-0.39, 0.29) is 0 Å². The molecular weight excluding hydrogens is 451 g/mol. The molecule has 0 N–H and O–H groups in total. The summed E-state index contributed by atoms with van der Waals surface area (Å²) in [7, 11) is 3.35. The Bertz CT molecular complexity index is 1440. The fraction of sp³-hybridized carbons (Fsp3) is 0.154. The highest BCUT2D eigenvalue weighted by Crippen LogP contribution is 2.27. The van der Waals surface area contributed by atoms with Gasteiger partial charge in [-0.25, -0.2) is 4.39 Å². The highest BCUT2D eigenvalue weighted by atomic mass is 19.1. The van der Waals surface area contributed by atoms with Gasteiger partial charge in [-0.1, -0.05) is 0 Å². The number of ether oxygens (including phenoxy) is 2. The lowest BCUT2D eigenvalue weighted by Gasteiger charge is -2.16. The zero-order valence-corrected chi connectivity index (χ0v) is 19.2. The fourth-order valence-electron chi connectivity index (χ4n) is 3.66. The number of carbonyl (C=O) groups excluding carboxylic acids is 2. The number of allylic oxidation sites excluding steroid dienone is 2. The first-order chi connectivity index (χ1) is 17.0. The predicted molar refractivity (Wildman–Crippen MR) is 132 cm³/mol. The summed E-state index contributed by atoms with van der Waals surface area (Å²) < 4.78 is 26.7. The van der Waals surface area contributed by atoms with Crippen molar-refractivity contribution in [2.24, 2.45) is 5.10 Å². The maximum absolute atomic E-state index is 13.9. The summed E-state index contributed by atoms with van der Waals surface area (Å²) in [5.41, 5.74) is 1.61. The van der Waals surface area contributed by atoms with Crippen molar-refractivity contribution in [2.75, 3.05) is 27.3 Å². The number of hydrazone groups is 1. The Labute approximate surface area is 200 Å². The molecule has 0 spiro atoms. The Kier molecular flexibility index (Phi) is 7.15. The van der Waals surface area contributed by atoms with Crippen LogP contribution in [0.3, 0.4) is 0 Å². The zero-order valence-electron chi connectivity index (χ0n) is 19.2. The Morgan fingerprint density at radius 3 is 2.77 bits per heavy atom. The van der Waals surface area contributed by atoms with Gasteiger partial charge in [-0.2, -0.15) is 5.10 Å². The van der Waals surface area contributed by atoms with Crippen LogP contribution in [-0.2, 0) is 4.79 Å². The van der Waals surface area contributed by atoms with Crippen molar-refractivity contribution in [3.63, 3.8) is 0 Å². The van der Waals surface area contributed by atoms with Gasteiger partial charge in [-0.15, -0.1) is 0 Å². The molecule has 2 aromatic heterocycles. The molecule has 0 unspecified atom stereocenters. The summed E-state index contributed by atoms with van der Waals surface area (Å²) >= 11 is 0. The minimum absolute atomic E-state index is 0.316. The van der Waals surface area contributed by atoms with E-state index in [4.69, 9.17) is 9.47 Å². The number of benzene rings is 2. The molecule has 0 atom stereocenters. The number of hydrogen-bond acceptors (Lipinski definition) is 7. The molecule has 4 aromatic rings. The predicted octanol–water partition coefficient (Wildman–Crippen LogP) is 4.08. The molecular formula is C26H23FN4O4. The van der Waals surface area contributed by atoms with Crippen LogP contribution < -0.4 is 9.47 Å². The second kappa shape index (κ2) is 10.6. The first-order valence-corrected chi connectivity index (χ1v) is 10.8. The van der Waals surface area contributed by atoms with Crippen molar-refractivity contribution in [3.05, 3.63) is 78.4 Å². The van der Waals surface area contributed by atoms with E-state index in [1.807, 2.05) is 18.2 Å². The van der Waals surface area contributed by atoms with Crippen LogP contribution in [0.4, 0.5) is 4.39 Å². The monoisotopic (exact) mass is 474 g/mol. The molecule has 0 aliphatic rings. The normalized spacial score (nSPS) is 11.8. The van der Waals surface area contributed by atoms with E-state index in [0.29, 0.717) is 59.5 Å². The van der Waals surface area contributed by atoms with Crippen molar-refractivity contribution in [1.29, 1.82) is 0 Å². The summed E-state index contributed by atoms with van der Waals surface area (Å²) in [5.74, 6) is 1.28. The van der Waals surface area contributed by atoms with Crippen LogP contribution in [-0.4, -0.2) is 60.3 Å². The number of hydrogen-bond donors (Lipinski definition) is 0. The van der Waals surface area contributed by atoms with Crippen molar-refractivity contribution in [3.8, 4) is 11.5 Å². The van der Waals surface area contributed by atoms with Crippen LogP contribution in [0.1, 0.15) is 10.4 Å². The van der Waals surface area contributed by atoms with Gasteiger partial charge >= 0.3 is 0 Å². The van der Waals surface area contributed by atoms with Gasteiger partial charge in [0, 0.05) is 41.8 Å². The first-order valence-electron chi connectivity index (χ1n) is 10.8. The Hall–Kier alpha value is -4.53. The van der Waals surface area contributed by atoms with Gasteiger partial charge in [0.15, 0.2) is 12.1 Å². The van der Waals surface area contributed by atoms with Crippen LogP contribution in [0.15, 0.2) is 72.1 Å². The average molecular weight is 474 g/mol. The number of nitrogens with zero attached hydrogens (tertiary/aromatic N) is 4. The van der Waals surface area contributed by atoms with Gasteiger partial charge in [0.25, 0.3) is 0 Å². The third-order valence-corrected chi connectivity index (χ3v) is 5.35. The highest BCUT2D eigenvalue weighted by molar-refractivity contribution is 6.07. The van der Waals surface area contributed by atoms with Crippen molar-refractivity contribution in [1.82, 2.24) is 14.6 Å². The highest BCUT2D eigenvalue weighted by Gasteiger charge is 2.13. The van der Waals surface area contributed by atoms with Crippen LogP contribution >= 0.6 is 0 Å². The van der Waals surface area contributed by atoms with Crippen LogP contribution in [0, 0.1) is 5.82 Å². The smallest absolute Gasteiger partial charge is 0.157 e. The maximum atomic E-state index is 13.9. The second-order valence-electron chi connectivity index (χ2n) is 7.61. The molecule has 8 nitrogen and oxygen atoms in total. The standard InChI is InChI=1S/C26H23FN4O4/c1-30(11-13-35-25-9-10-28-23-15-20(34-2)6-8-22(23)25)29-26(4-3-12-32)31-16-18(17-33)21-7-5-19(27)14-24(21)31/h3-10,12,14-17H,11,13H2,1-2H3/b4-3-,29-26+. The third-order valence-electron chi connectivity index (χ3n) is 5.35. The topological polar surface area (TPSA) is 86.0 Å². The fourth-order valence-corrected chi connectivity index (χ4v) is 3.66. The SMILES string of the molecule is COc1ccc2c(OCCN(C)/N=C(\C=C/C=O)n3cc(C=O)c4ccc(F)cc43)ccnc2c1. The van der Waals surface area contributed by atoms with Crippen molar-refractivity contribution >= 4 is 40.2 Å². The molecule has 0 amide bonds. The lowest BCUT2D eigenvalue weighted by atomic mass is 10.2. The lowest BCUT2D eigenvalue weighted by Crippen LogP contribution is -2.22. The van der Waals surface area contributed by atoms with Gasteiger partial charge in [-0.3, -0.25) is 24.1 Å². The molecule has 0 aliphatic carbocycles. The van der Waals surface area contributed by atoms with Gasteiger partial charge in [0.2, 0.25) is 0 Å². The number of pyridine rings is 1. The molecule has 0 saturated heterocycles. The summed E-state index contributed by atoms with van der Waals surface area (Å²) in [4.78, 5) is 26.8. The molecule has 4 rings (SSSR count). The molecule has 0 radical (unpaired) electrons. The quantitative estimate of drug-likeness (QED) is 0.120. The van der Waals surface area contributed by atoms with E-state index >= 15 is 0 Å². The molecule has 0 saturated carbocycles. The zero-order chi connectivity index (χ0) is 24.8. The summed E-state index contributed by atoms with van der Waals surface area (Å²) in [6, 6.07) is 11.5. The average Bonchev–Trinajstić information content (AvgIpc) is 3.23. The summed E-state index contributed by atoms with van der Waals surface area (Å²) in [6.07, 6.45) is 7.33. The number of rotatable bonds is 9. The molecule has 2 aromatic carbocycles. The summed E-state index contributed by atoms with van der Waals surface area (Å²) in [5, 5.41) is 7.63. The Morgan fingerprint density at radius 1 is 1.17 bits per heavy atom. The van der Waals surface area contributed by atoms with Crippen molar-refractivity contribution < 1.29 is 23.5 Å². The first kappa shape index (κ1) is 23.6. The summed E-state index contributed by atoms with van der Waals surface area (Å²) in [6.45, 7) is 0.725. The molecule has 35 heavy (non-hydrogen) atoms. The van der Waals surface area contributed by atoms with Gasteiger partial charge in [0.05, 0.1) is 24.7 Å². The molecule has 178 valence electrons. The molecule has 2 heterocycles. The van der Waals surface area contributed by atoms with E-state index in [1.165, 1.54) is 30.4 Å². The largest absolute Gasteiger partial charge is 0.497 e. The third kappa shape index (κ3) is 5.19. The number of likely N-dealkylation sites (N-methyl/N-ethyl adjacent to an activating group) is 1. The number of aromatic nitrogens is 2. The van der Waals surface area contributed by atoms with Gasteiger partial charge < -0.3 is 9.47 Å². The number of carbonyl (C=O) groups is 2. The van der Waals surface area contributed by atoms with Gasteiger partial charge in [0.1, 0.15) is 30.2 Å². The minimum Gasteiger partial charge on any atom is -0.497 e. The van der Waals surface area contributed by atoms with Gasteiger partial charge in [-0.05, 0) is 48.6 Å². The van der Waals surface area contributed by atoms with Crippen LogP contribution in [0.2, 0.25) is 0 Å². The number of fused-ring (bicyclic) bond motifs is 2. The number of halogens is 1. The van der Waals surface area contributed by atoms with E-state index in [0.717, 1.165) is 10.9 Å². The van der Waals surface area contributed by atoms with E-state index in [9.17, 15) is 14.0 Å². The number of methoxy groups -OCH3 is 1. The molecule has 0 aliphatic heterocycles. The van der Waals surface area contributed by atoms with Crippen LogP contribution in [0.25, 0.3) is 21.8 Å². The Morgan fingerprint density at radius 2 is 2.00 bits per heavy atom. The maximum Gasteiger partial charge on any atom is 0.157 e. The molecule has 0 fully saturated rings. The van der Waals surface area contributed by atoms with Crippen LogP contribution in [0.5, 0.6) is 11.5 Å². The van der Waals surface area contributed by atoms with E-state index in [2.05, 4.69) is 10.1 Å². The second-order valence-corrected chi connectivity index (χ2v) is 7.61.